The van der Waals surface area contributed by atoms with Crippen molar-refractivity contribution in [1.82, 2.24) is 4.98 Å². The van der Waals surface area contributed by atoms with E-state index in [0.29, 0.717) is 22.8 Å². The predicted molar refractivity (Wildman–Crippen MR) is 150 cm³/mol. The molecule has 2 atom stereocenters. The van der Waals surface area contributed by atoms with Gasteiger partial charge in [0.2, 0.25) is 5.88 Å². The second kappa shape index (κ2) is 10.8. The minimum Gasteiger partial charge on any atom is -0.506 e. The van der Waals surface area contributed by atoms with Crippen molar-refractivity contribution < 1.29 is 30.9 Å². The first-order chi connectivity index (χ1) is 18.4. The van der Waals surface area contributed by atoms with Crippen LogP contribution in [0, 0.1) is 18.1 Å². The van der Waals surface area contributed by atoms with Crippen LogP contribution < -0.4 is 9.64 Å². The zero-order valence-electron chi connectivity index (χ0n) is 21.9. The fraction of sp³-hybridized carbons (Fsp3) is 0.281. The number of amidine groups is 1. The molecule has 0 bridgehead atoms. The van der Waals surface area contributed by atoms with E-state index in [9.17, 15) is 5.11 Å². The van der Waals surface area contributed by atoms with E-state index in [2.05, 4.69) is 34.6 Å². The Morgan fingerprint density at radius 1 is 1.03 bits per heavy atom. The SMILES string of the molecule is [C-]#[N+]c1ccc(N2C(c3[c-]c(Oc4ccc5cccc(O)c5n4)ccc3)=N[C@H]3CCCCC(C)(C)[C@@H]32)cc1.[Pt]. The molecule has 1 aliphatic heterocycles. The quantitative estimate of drug-likeness (QED) is 0.223. The molecule has 200 valence electrons. The summed E-state index contributed by atoms with van der Waals surface area (Å²) in [6.45, 7) is 12.1. The van der Waals surface area contributed by atoms with Gasteiger partial charge in [-0.25, -0.2) is 9.83 Å². The van der Waals surface area contributed by atoms with Crippen LogP contribution in [0.3, 0.4) is 0 Å². The summed E-state index contributed by atoms with van der Waals surface area (Å²) in [4.78, 5) is 15.7. The molecule has 1 N–H and O–H groups in total. The molecule has 39 heavy (non-hydrogen) atoms. The fourth-order valence-electron chi connectivity index (χ4n) is 5.86. The summed E-state index contributed by atoms with van der Waals surface area (Å²) < 4.78 is 6.11. The van der Waals surface area contributed by atoms with E-state index >= 15 is 0 Å². The van der Waals surface area contributed by atoms with E-state index in [1.54, 1.807) is 18.2 Å². The Kier molecular flexibility index (Phi) is 7.47. The van der Waals surface area contributed by atoms with E-state index < -0.39 is 0 Å². The Hall–Kier alpha value is -3.68. The molecule has 0 radical (unpaired) electrons. The molecule has 2 heterocycles. The van der Waals surface area contributed by atoms with Gasteiger partial charge in [0.15, 0.2) is 5.69 Å². The first-order valence-corrected chi connectivity index (χ1v) is 13.1. The average Bonchev–Trinajstić information content (AvgIpc) is 3.25. The van der Waals surface area contributed by atoms with Crippen molar-refractivity contribution in [3.63, 3.8) is 0 Å². The second-order valence-corrected chi connectivity index (χ2v) is 10.7. The van der Waals surface area contributed by atoms with Crippen molar-refractivity contribution in [3.05, 3.63) is 95.8 Å². The van der Waals surface area contributed by atoms with Gasteiger partial charge in [0, 0.05) is 44.0 Å². The van der Waals surface area contributed by atoms with E-state index in [1.807, 2.05) is 54.6 Å². The van der Waals surface area contributed by atoms with E-state index in [4.69, 9.17) is 16.3 Å². The molecule has 7 heteroatoms. The maximum absolute atomic E-state index is 10.2. The maximum atomic E-state index is 10.2. The Labute approximate surface area is 243 Å². The molecular formula is C32H29N4O2Pt-. The molecular weight excluding hydrogens is 667 g/mol. The average molecular weight is 697 g/mol. The molecule has 1 aromatic heterocycles. The van der Waals surface area contributed by atoms with Gasteiger partial charge in [-0.05, 0) is 42.5 Å². The van der Waals surface area contributed by atoms with E-state index in [0.717, 1.165) is 35.3 Å². The van der Waals surface area contributed by atoms with Crippen LogP contribution in [0.25, 0.3) is 15.7 Å². The number of hydrogen-bond acceptors (Lipinski definition) is 5. The van der Waals surface area contributed by atoms with Gasteiger partial charge in [-0.3, -0.25) is 0 Å². The zero-order chi connectivity index (χ0) is 26.3. The van der Waals surface area contributed by atoms with Gasteiger partial charge in [0.25, 0.3) is 0 Å². The first-order valence-electron chi connectivity index (χ1n) is 13.1. The van der Waals surface area contributed by atoms with E-state index in [-0.39, 0.29) is 44.3 Å². The minimum absolute atomic E-state index is 0. The molecule has 2 aliphatic rings. The smallest absolute Gasteiger partial charge is 0.217 e. The zero-order valence-corrected chi connectivity index (χ0v) is 24.1. The minimum atomic E-state index is 0. The molecule has 0 amide bonds. The summed E-state index contributed by atoms with van der Waals surface area (Å²) in [6, 6.07) is 26.4. The third kappa shape index (κ3) is 5.16. The molecule has 6 nitrogen and oxygen atoms in total. The van der Waals surface area contributed by atoms with Gasteiger partial charge in [-0.1, -0.05) is 57.0 Å². The number of rotatable bonds is 4. The number of fused-ring (bicyclic) bond motifs is 2. The molecule has 4 aromatic rings. The monoisotopic (exact) mass is 696 g/mol. The van der Waals surface area contributed by atoms with Gasteiger partial charge in [0.05, 0.1) is 24.5 Å². The van der Waals surface area contributed by atoms with Crippen molar-refractivity contribution in [1.29, 1.82) is 0 Å². The molecule has 0 saturated heterocycles. The second-order valence-electron chi connectivity index (χ2n) is 10.7. The van der Waals surface area contributed by atoms with Crippen molar-refractivity contribution >= 4 is 28.1 Å². The van der Waals surface area contributed by atoms with Crippen LogP contribution in [0.5, 0.6) is 17.4 Å². The summed E-state index contributed by atoms with van der Waals surface area (Å²) in [6.07, 6.45) is 4.56. The molecule has 0 spiro atoms. The molecule has 0 unspecified atom stereocenters. The predicted octanol–water partition coefficient (Wildman–Crippen LogP) is 7.69. The van der Waals surface area contributed by atoms with E-state index in [1.165, 1.54) is 12.8 Å². The largest absolute Gasteiger partial charge is 0.506 e. The molecule has 3 aromatic carbocycles. The Balaban J connectivity index is 0.00000308. The first kappa shape index (κ1) is 26.9. The number of aliphatic imine (C=N–C) groups is 1. The van der Waals surface area contributed by atoms with Crippen LogP contribution in [0.1, 0.15) is 45.1 Å². The van der Waals surface area contributed by atoms with Crippen LogP contribution in [0.4, 0.5) is 11.4 Å². The van der Waals surface area contributed by atoms with Gasteiger partial charge in [-0.15, -0.1) is 23.8 Å². The Bertz CT molecular complexity index is 1580. The normalized spacial score (nSPS) is 19.8. The fourth-order valence-corrected chi connectivity index (χ4v) is 5.86. The number of benzene rings is 3. The number of para-hydroxylation sites is 1. The van der Waals surface area contributed by atoms with Crippen LogP contribution >= 0.6 is 0 Å². The summed E-state index contributed by atoms with van der Waals surface area (Å²) in [7, 11) is 0. The standard InChI is InChI=1S/C32H29N4O2.Pt/c1-32(2)19-5-4-11-26-30(32)36(24-16-14-23(33-3)15-17-24)31(34-26)22-9-6-10-25(20-22)38-28-18-13-21-8-7-12-27(37)29(21)35-28;/h6-10,12-18,26,30,37H,4-5,11,19H2,1-2H3;/q-1;/t26-,30+;/m0./s1. The van der Waals surface area contributed by atoms with Gasteiger partial charge >= 0.3 is 0 Å². The van der Waals surface area contributed by atoms with Crippen LogP contribution in [0.2, 0.25) is 0 Å². The number of phenolic OH excluding ortho intramolecular Hbond substituents is 1. The van der Waals surface area contributed by atoms with Gasteiger partial charge in [0.1, 0.15) is 11.3 Å². The summed E-state index contributed by atoms with van der Waals surface area (Å²) in [5.41, 5.74) is 3.07. The van der Waals surface area contributed by atoms with Crippen molar-refractivity contribution in [3.8, 4) is 17.4 Å². The number of phenols is 1. The number of ether oxygens (including phenoxy) is 1. The van der Waals surface area contributed by atoms with Crippen LogP contribution in [-0.2, 0) is 21.1 Å². The number of hydrogen-bond donors (Lipinski definition) is 1. The van der Waals surface area contributed by atoms with Crippen molar-refractivity contribution in [2.75, 3.05) is 4.90 Å². The Morgan fingerprint density at radius 3 is 2.62 bits per heavy atom. The number of anilines is 1. The van der Waals surface area contributed by atoms with Gasteiger partial charge in [-0.2, -0.15) is 0 Å². The molecule has 1 fully saturated rings. The number of pyridine rings is 1. The maximum Gasteiger partial charge on any atom is 0.217 e. The van der Waals surface area contributed by atoms with Crippen LogP contribution in [0.15, 0.2) is 77.8 Å². The number of aromatic nitrogens is 1. The summed E-state index contributed by atoms with van der Waals surface area (Å²) in [5.74, 6) is 1.91. The topological polar surface area (TPSA) is 62.3 Å². The third-order valence-corrected chi connectivity index (χ3v) is 7.68. The molecule has 1 aliphatic carbocycles. The number of nitrogens with zero attached hydrogens (tertiary/aromatic N) is 4. The van der Waals surface area contributed by atoms with Gasteiger partial charge < -0.3 is 19.7 Å². The van der Waals surface area contributed by atoms with Crippen molar-refractivity contribution in [2.24, 2.45) is 10.4 Å². The summed E-state index contributed by atoms with van der Waals surface area (Å²) >= 11 is 0. The summed E-state index contributed by atoms with van der Waals surface area (Å²) in [5, 5.41) is 11.1. The Morgan fingerprint density at radius 2 is 1.82 bits per heavy atom. The third-order valence-electron chi connectivity index (χ3n) is 7.68. The van der Waals surface area contributed by atoms with Crippen molar-refractivity contribution in [2.45, 2.75) is 51.6 Å². The number of aromatic hydroxyl groups is 1. The molecule has 1 saturated carbocycles. The molecule has 6 rings (SSSR count). The van der Waals surface area contributed by atoms with Crippen LogP contribution in [-0.4, -0.2) is 28.0 Å².